The number of hydrogen-bond acceptors (Lipinski definition) is 9. The molecule has 0 spiro atoms. The van der Waals surface area contributed by atoms with Gasteiger partial charge >= 0.3 is 0 Å². The molecule has 0 radical (unpaired) electrons. The number of thiophene rings is 3. The highest BCUT2D eigenvalue weighted by atomic mass is 32.1. The second-order valence-corrected chi connectivity index (χ2v) is 13.2. The molecular weight excluding hydrogens is 619 g/mol. The van der Waals surface area contributed by atoms with Crippen molar-refractivity contribution in [3.8, 4) is 49.4 Å². The Labute approximate surface area is 272 Å². The largest absolute Gasteiger partial charge is 0.507 e. The van der Waals surface area contributed by atoms with Crippen LogP contribution in [0.1, 0.15) is 33.4 Å². The molecule has 3 N–H and O–H groups in total. The minimum Gasteiger partial charge on any atom is -0.507 e. The van der Waals surface area contributed by atoms with Crippen molar-refractivity contribution in [1.29, 1.82) is 0 Å². The predicted octanol–water partition coefficient (Wildman–Crippen LogP) is 8.95. The summed E-state index contributed by atoms with van der Waals surface area (Å²) in [6.45, 7) is 0. The number of aromatic hydroxyl groups is 3. The van der Waals surface area contributed by atoms with E-state index in [1.54, 1.807) is 16.1 Å². The van der Waals surface area contributed by atoms with Gasteiger partial charge in [0.2, 0.25) is 0 Å². The summed E-state index contributed by atoms with van der Waals surface area (Å²) in [5, 5.41) is 37.9. The lowest BCUT2D eigenvalue weighted by atomic mass is 10.0. The fourth-order valence-electron chi connectivity index (χ4n) is 5.28. The molecule has 7 rings (SSSR count). The fraction of sp³-hybridized carbons (Fsp3) is 0.0833. The molecule has 0 fully saturated rings. The van der Waals surface area contributed by atoms with Crippen molar-refractivity contribution in [3.05, 3.63) is 141 Å². The van der Waals surface area contributed by atoms with Gasteiger partial charge in [-0.15, -0.1) is 34.0 Å². The van der Waals surface area contributed by atoms with E-state index in [2.05, 4.69) is 0 Å². The molecule has 0 saturated heterocycles. The second-order valence-electron chi connectivity index (χ2n) is 10.6. The van der Waals surface area contributed by atoms with E-state index in [0.29, 0.717) is 36.7 Å². The van der Waals surface area contributed by atoms with Crippen LogP contribution in [0.2, 0.25) is 0 Å². The van der Waals surface area contributed by atoms with E-state index in [1.807, 2.05) is 91.0 Å². The molecule has 0 saturated carbocycles. The van der Waals surface area contributed by atoms with Crippen LogP contribution in [0.5, 0.6) is 17.2 Å². The molecule has 0 aliphatic heterocycles. The minimum absolute atomic E-state index is 0.194. The maximum Gasteiger partial charge on any atom is 0.174 e. The highest BCUT2D eigenvalue weighted by molar-refractivity contribution is 7.14. The van der Waals surface area contributed by atoms with Crippen LogP contribution in [0.3, 0.4) is 0 Å². The van der Waals surface area contributed by atoms with Crippen molar-refractivity contribution in [2.75, 3.05) is 0 Å². The Hall–Kier alpha value is -4.83. The first-order valence-corrected chi connectivity index (χ1v) is 16.9. The molecule has 0 amide bonds. The standard InChI is InChI=1S/C36H27N3O3S3/c40-28-19-43-31(25(28)16-22-10-4-1-5-11-22)34-37-35(32-26(29(41)20-44-32)17-23-12-6-2-7-13-23)39-36(38-34)33-27(30(42)21-45-33)18-24-14-8-3-9-15-24/h1-15,19-21,40-42H,16-18H2. The van der Waals surface area contributed by atoms with Crippen LogP contribution in [0, 0.1) is 0 Å². The summed E-state index contributed by atoms with van der Waals surface area (Å²) in [5.74, 6) is 1.88. The first kappa shape index (κ1) is 28.9. The molecule has 222 valence electrons. The van der Waals surface area contributed by atoms with Crippen LogP contribution in [-0.2, 0) is 19.3 Å². The van der Waals surface area contributed by atoms with Gasteiger partial charge in [-0.2, -0.15) is 0 Å². The van der Waals surface area contributed by atoms with E-state index in [9.17, 15) is 15.3 Å². The summed E-state index contributed by atoms with van der Waals surface area (Å²) < 4.78 is 0. The number of aromatic nitrogens is 3. The van der Waals surface area contributed by atoms with Gasteiger partial charge in [-0.1, -0.05) is 91.0 Å². The highest BCUT2D eigenvalue weighted by Crippen LogP contribution is 2.43. The average Bonchev–Trinajstić information content (AvgIpc) is 3.75. The van der Waals surface area contributed by atoms with Crippen molar-refractivity contribution in [2.24, 2.45) is 0 Å². The molecule has 0 aliphatic carbocycles. The van der Waals surface area contributed by atoms with Crippen LogP contribution in [0.15, 0.2) is 107 Å². The summed E-state index contributed by atoms with van der Waals surface area (Å²) in [4.78, 5) is 17.2. The third kappa shape index (κ3) is 6.10. The number of rotatable bonds is 9. The van der Waals surface area contributed by atoms with E-state index in [-0.39, 0.29) is 17.2 Å². The van der Waals surface area contributed by atoms with Gasteiger partial charge in [-0.3, -0.25) is 0 Å². The van der Waals surface area contributed by atoms with Gasteiger partial charge in [0.05, 0.1) is 14.6 Å². The number of nitrogens with zero attached hydrogens (tertiary/aromatic N) is 3. The van der Waals surface area contributed by atoms with Gasteiger partial charge in [0.25, 0.3) is 0 Å². The zero-order valence-electron chi connectivity index (χ0n) is 23.9. The second kappa shape index (κ2) is 12.6. The smallest absolute Gasteiger partial charge is 0.174 e. The van der Waals surface area contributed by atoms with Crippen molar-refractivity contribution >= 4 is 34.0 Å². The Balaban J connectivity index is 1.39. The topological polar surface area (TPSA) is 99.4 Å². The van der Waals surface area contributed by atoms with E-state index in [0.717, 1.165) is 48.0 Å². The molecule has 4 heterocycles. The van der Waals surface area contributed by atoms with Crippen molar-refractivity contribution in [2.45, 2.75) is 19.3 Å². The van der Waals surface area contributed by atoms with Crippen LogP contribution in [-0.4, -0.2) is 30.3 Å². The zero-order valence-corrected chi connectivity index (χ0v) is 26.4. The van der Waals surface area contributed by atoms with Crippen molar-refractivity contribution in [1.82, 2.24) is 15.0 Å². The normalized spacial score (nSPS) is 11.2. The average molecular weight is 646 g/mol. The van der Waals surface area contributed by atoms with E-state index >= 15 is 0 Å². The van der Waals surface area contributed by atoms with Gasteiger partial charge in [-0.05, 0) is 16.7 Å². The van der Waals surface area contributed by atoms with Gasteiger partial charge in [0.1, 0.15) is 17.2 Å². The maximum absolute atomic E-state index is 10.9. The maximum atomic E-state index is 10.9. The molecule has 0 aliphatic rings. The Bertz CT molecular complexity index is 1820. The van der Waals surface area contributed by atoms with E-state index in [1.165, 1.54) is 34.0 Å². The molecular formula is C36H27N3O3S3. The molecule has 0 unspecified atom stereocenters. The Morgan fingerprint density at radius 1 is 0.400 bits per heavy atom. The Kier molecular flexibility index (Phi) is 8.13. The van der Waals surface area contributed by atoms with E-state index < -0.39 is 0 Å². The summed E-state index contributed by atoms with van der Waals surface area (Å²) in [6, 6.07) is 29.9. The molecule has 6 nitrogen and oxygen atoms in total. The molecule has 9 heteroatoms. The lowest BCUT2D eigenvalue weighted by molar-refractivity contribution is 0.472. The van der Waals surface area contributed by atoms with Crippen LogP contribution in [0.25, 0.3) is 32.1 Å². The van der Waals surface area contributed by atoms with Crippen LogP contribution in [0.4, 0.5) is 0 Å². The number of hydrogen-bond donors (Lipinski definition) is 3. The first-order valence-electron chi connectivity index (χ1n) is 14.3. The first-order chi connectivity index (χ1) is 22.0. The third-order valence-electron chi connectivity index (χ3n) is 7.53. The summed E-state index contributed by atoms with van der Waals surface area (Å²) in [5.41, 5.74) is 5.40. The molecule has 7 aromatic rings. The highest BCUT2D eigenvalue weighted by Gasteiger charge is 2.24. The van der Waals surface area contributed by atoms with Gasteiger partial charge in [0, 0.05) is 52.1 Å². The lowest BCUT2D eigenvalue weighted by Crippen LogP contribution is -2.02. The third-order valence-corrected chi connectivity index (χ3v) is 10.5. The lowest BCUT2D eigenvalue weighted by Gasteiger charge is -2.11. The predicted molar refractivity (Wildman–Crippen MR) is 183 cm³/mol. The quantitative estimate of drug-likeness (QED) is 0.145. The monoisotopic (exact) mass is 645 g/mol. The molecule has 45 heavy (non-hydrogen) atoms. The van der Waals surface area contributed by atoms with Crippen molar-refractivity contribution < 1.29 is 15.3 Å². The minimum atomic E-state index is 0.194. The van der Waals surface area contributed by atoms with Crippen molar-refractivity contribution in [3.63, 3.8) is 0 Å². The Morgan fingerprint density at radius 2 is 0.667 bits per heavy atom. The molecule has 0 atom stereocenters. The summed E-state index contributed by atoms with van der Waals surface area (Å²) in [7, 11) is 0. The van der Waals surface area contributed by atoms with Gasteiger partial charge in [0.15, 0.2) is 17.5 Å². The molecule has 0 bridgehead atoms. The van der Waals surface area contributed by atoms with Gasteiger partial charge < -0.3 is 15.3 Å². The molecule has 4 aromatic heterocycles. The number of benzene rings is 3. The SMILES string of the molecule is Oc1csc(-c2nc(-c3scc(O)c3Cc3ccccc3)nc(-c3scc(O)c3Cc3ccccc3)n2)c1Cc1ccccc1. The molecule has 3 aromatic carbocycles. The fourth-order valence-corrected chi connectivity index (χ4v) is 7.94. The zero-order chi connectivity index (χ0) is 30.8. The Morgan fingerprint density at radius 3 is 0.933 bits per heavy atom. The van der Waals surface area contributed by atoms with Crippen LogP contribution < -0.4 is 0 Å². The summed E-state index contributed by atoms with van der Waals surface area (Å²) in [6.07, 6.45) is 1.54. The van der Waals surface area contributed by atoms with Crippen LogP contribution >= 0.6 is 34.0 Å². The van der Waals surface area contributed by atoms with E-state index in [4.69, 9.17) is 15.0 Å². The van der Waals surface area contributed by atoms with Gasteiger partial charge in [-0.25, -0.2) is 15.0 Å². The summed E-state index contributed by atoms with van der Waals surface area (Å²) >= 11 is 4.16.